The van der Waals surface area contributed by atoms with Crippen LogP contribution in [0.3, 0.4) is 0 Å². The average Bonchev–Trinajstić information content (AvgIpc) is 3.40. The van der Waals surface area contributed by atoms with E-state index >= 15 is 0 Å². The molecule has 12 rings (SSSR count). The molecule has 0 N–H and O–H groups in total. The van der Waals surface area contributed by atoms with Crippen molar-refractivity contribution in [2.24, 2.45) is 0 Å². The van der Waals surface area contributed by atoms with Crippen LogP contribution in [-0.2, 0) is 0 Å². The summed E-state index contributed by atoms with van der Waals surface area (Å²) in [7, 11) is 0. The summed E-state index contributed by atoms with van der Waals surface area (Å²) < 4.78 is 0. The van der Waals surface area contributed by atoms with Crippen molar-refractivity contribution < 1.29 is 0 Å². The average molecular weight is 925 g/mol. The first-order valence-electron chi connectivity index (χ1n) is 25.2. The van der Waals surface area contributed by atoms with Crippen LogP contribution >= 0.6 is 0 Å². The third-order valence-corrected chi connectivity index (χ3v) is 14.9. The van der Waals surface area contributed by atoms with E-state index in [1.54, 1.807) is 0 Å². The highest BCUT2D eigenvalue weighted by molar-refractivity contribution is 6.15. The fourth-order valence-electron chi connectivity index (χ4n) is 11.6. The van der Waals surface area contributed by atoms with Gasteiger partial charge in [0.15, 0.2) is 0 Å². The van der Waals surface area contributed by atoms with E-state index in [1.807, 2.05) is 0 Å². The predicted octanol–water partition coefficient (Wildman–Crippen LogP) is 20.1. The molecule has 12 aromatic rings. The van der Waals surface area contributed by atoms with E-state index in [4.69, 9.17) is 0 Å². The summed E-state index contributed by atoms with van der Waals surface area (Å²) in [5, 5.41) is 10.2. The highest BCUT2D eigenvalue weighted by Gasteiger charge is 2.22. The Morgan fingerprint density at radius 3 is 0.903 bits per heavy atom. The molecule has 0 aliphatic rings. The molecule has 0 saturated heterocycles. The largest absolute Gasteiger partial charge is 0.310 e. The van der Waals surface area contributed by atoms with E-state index in [2.05, 4.69) is 282 Å². The van der Waals surface area contributed by atoms with Crippen LogP contribution < -0.4 is 9.80 Å². The highest BCUT2D eigenvalue weighted by atomic mass is 15.1. The first-order chi connectivity index (χ1) is 35.2. The maximum atomic E-state index is 2.43. The Bertz CT molecular complexity index is 3740. The van der Waals surface area contributed by atoms with Crippen LogP contribution in [0.5, 0.6) is 0 Å². The Morgan fingerprint density at radius 1 is 0.236 bits per heavy atom. The molecule has 0 heterocycles. The first-order valence-corrected chi connectivity index (χ1v) is 25.2. The monoisotopic (exact) mass is 924 g/mol. The quantitative estimate of drug-likeness (QED) is 0.133. The van der Waals surface area contributed by atoms with Crippen LogP contribution in [0.2, 0.25) is 0 Å². The van der Waals surface area contributed by atoms with Crippen molar-refractivity contribution in [3.05, 3.63) is 264 Å². The van der Waals surface area contributed by atoms with Crippen molar-refractivity contribution in [3.8, 4) is 33.4 Å². The SMILES string of the molecule is Cc1ccccc1N(c1ccc(-c2cc3ccccc3c3ccccc23)cc1)c1cc(C)c(-c2c(C)cc(N(c3ccc(-c4cc5ccccc5c5ccccc45)cc3)c3ccccc3C)cc2C)c(C)c1. The zero-order valence-corrected chi connectivity index (χ0v) is 41.8. The van der Waals surface area contributed by atoms with Crippen LogP contribution in [0.4, 0.5) is 34.1 Å². The Hall–Kier alpha value is -8.72. The van der Waals surface area contributed by atoms with Gasteiger partial charge in [-0.2, -0.15) is 0 Å². The van der Waals surface area contributed by atoms with Crippen molar-refractivity contribution >= 4 is 77.2 Å². The van der Waals surface area contributed by atoms with Gasteiger partial charge in [-0.1, -0.05) is 158 Å². The van der Waals surface area contributed by atoms with Gasteiger partial charge >= 0.3 is 0 Å². The molecule has 0 unspecified atom stereocenters. The lowest BCUT2D eigenvalue weighted by Crippen LogP contribution is -2.13. The molecular weight excluding hydrogens is 869 g/mol. The molecule has 0 radical (unpaired) electrons. The van der Waals surface area contributed by atoms with E-state index in [1.165, 1.54) is 121 Å². The van der Waals surface area contributed by atoms with Gasteiger partial charge in [-0.05, 0) is 224 Å². The van der Waals surface area contributed by atoms with E-state index in [0.717, 1.165) is 22.7 Å². The lowest BCUT2D eigenvalue weighted by molar-refractivity contribution is 1.22. The second kappa shape index (κ2) is 18.2. The minimum absolute atomic E-state index is 1.12. The van der Waals surface area contributed by atoms with Crippen LogP contribution in [0, 0.1) is 41.5 Å². The lowest BCUT2D eigenvalue weighted by Gasteiger charge is -2.30. The van der Waals surface area contributed by atoms with Gasteiger partial charge in [-0.25, -0.2) is 0 Å². The minimum Gasteiger partial charge on any atom is -0.310 e. The van der Waals surface area contributed by atoms with Crippen molar-refractivity contribution in [2.75, 3.05) is 9.80 Å². The molecule has 2 nitrogen and oxygen atoms in total. The highest BCUT2D eigenvalue weighted by Crippen LogP contribution is 2.46. The van der Waals surface area contributed by atoms with Crippen molar-refractivity contribution in [1.29, 1.82) is 0 Å². The van der Waals surface area contributed by atoms with Gasteiger partial charge in [0, 0.05) is 34.1 Å². The van der Waals surface area contributed by atoms with Gasteiger partial charge in [-0.15, -0.1) is 0 Å². The number of nitrogens with zero attached hydrogens (tertiary/aromatic N) is 2. The Morgan fingerprint density at radius 2 is 0.542 bits per heavy atom. The number of aryl methyl sites for hydroxylation is 6. The molecule has 0 aromatic heterocycles. The van der Waals surface area contributed by atoms with E-state index in [-0.39, 0.29) is 0 Å². The Kier molecular flexibility index (Phi) is 11.3. The number of para-hydroxylation sites is 2. The number of hydrogen-bond donors (Lipinski definition) is 0. The molecule has 0 aliphatic carbocycles. The van der Waals surface area contributed by atoms with Crippen molar-refractivity contribution in [3.63, 3.8) is 0 Å². The Balaban J connectivity index is 0.918. The molecule has 0 spiro atoms. The third kappa shape index (κ3) is 7.77. The third-order valence-electron chi connectivity index (χ3n) is 14.9. The molecular formula is C70H56N2. The molecule has 0 fully saturated rings. The number of rotatable bonds is 9. The zero-order valence-electron chi connectivity index (χ0n) is 41.8. The Labute approximate surface area is 423 Å². The molecule has 0 bridgehead atoms. The molecule has 2 heteroatoms. The van der Waals surface area contributed by atoms with Crippen molar-refractivity contribution in [1.82, 2.24) is 0 Å². The molecule has 0 aliphatic heterocycles. The van der Waals surface area contributed by atoms with Crippen molar-refractivity contribution in [2.45, 2.75) is 41.5 Å². The van der Waals surface area contributed by atoms with Gasteiger partial charge in [0.05, 0.1) is 0 Å². The van der Waals surface area contributed by atoms with Crippen LogP contribution in [0.25, 0.3) is 76.5 Å². The zero-order chi connectivity index (χ0) is 49.0. The first kappa shape index (κ1) is 44.5. The van der Waals surface area contributed by atoms with Gasteiger partial charge < -0.3 is 9.80 Å². The lowest BCUT2D eigenvalue weighted by atomic mass is 9.88. The smallest absolute Gasteiger partial charge is 0.0490 e. The molecule has 346 valence electrons. The molecule has 0 saturated carbocycles. The van der Waals surface area contributed by atoms with Gasteiger partial charge in [0.2, 0.25) is 0 Å². The fraction of sp³-hybridized carbons (Fsp3) is 0.0857. The van der Waals surface area contributed by atoms with Gasteiger partial charge in [0.1, 0.15) is 0 Å². The summed E-state index contributed by atoms with van der Waals surface area (Å²) in [6.07, 6.45) is 0. The maximum absolute atomic E-state index is 2.43. The van der Waals surface area contributed by atoms with Crippen LogP contribution in [0.1, 0.15) is 33.4 Å². The summed E-state index contributed by atoms with van der Waals surface area (Å²) in [4.78, 5) is 4.86. The van der Waals surface area contributed by atoms with Crippen LogP contribution in [0.15, 0.2) is 231 Å². The number of fused-ring (bicyclic) bond motifs is 6. The maximum Gasteiger partial charge on any atom is 0.0490 e. The number of benzene rings is 12. The normalized spacial score (nSPS) is 11.5. The molecule has 12 aromatic carbocycles. The summed E-state index contributed by atoms with van der Waals surface area (Å²) in [6, 6.07) is 85.0. The van der Waals surface area contributed by atoms with Gasteiger partial charge in [0.25, 0.3) is 0 Å². The van der Waals surface area contributed by atoms with Gasteiger partial charge in [-0.3, -0.25) is 0 Å². The number of anilines is 6. The van der Waals surface area contributed by atoms with E-state index in [9.17, 15) is 0 Å². The standard InChI is InChI=1S/C70H56N2/c1-45-19-7-17-29-67(45)71(55-35-31-51(32-36-55)65-43-53-21-9-11-23-59(53)61-25-13-15-27-63(61)65)57-39-47(3)69(48(4)40-57)70-49(5)41-58(42-50(70)6)72(68-30-18-8-20-46(68)2)56-37-33-52(34-38-56)66-44-54-22-10-12-24-60(54)62-26-14-16-28-64(62)66/h7-44H,1-6H3. The molecule has 0 amide bonds. The number of hydrogen-bond acceptors (Lipinski definition) is 2. The second-order valence-corrected chi connectivity index (χ2v) is 19.6. The summed E-state index contributed by atoms with van der Waals surface area (Å²) in [6.45, 7) is 13.5. The summed E-state index contributed by atoms with van der Waals surface area (Å²) >= 11 is 0. The second-order valence-electron chi connectivity index (χ2n) is 19.6. The van der Waals surface area contributed by atoms with E-state index in [0.29, 0.717) is 0 Å². The fourth-order valence-corrected chi connectivity index (χ4v) is 11.6. The summed E-state index contributed by atoms with van der Waals surface area (Å²) in [5.74, 6) is 0. The summed E-state index contributed by atoms with van der Waals surface area (Å²) in [5.41, 5.74) is 21.8. The minimum atomic E-state index is 1.12. The topological polar surface area (TPSA) is 6.48 Å². The van der Waals surface area contributed by atoms with E-state index < -0.39 is 0 Å². The molecule has 0 atom stereocenters. The molecule has 72 heavy (non-hydrogen) atoms. The predicted molar refractivity (Wildman–Crippen MR) is 311 cm³/mol. The van der Waals surface area contributed by atoms with Crippen LogP contribution in [-0.4, -0.2) is 0 Å².